The van der Waals surface area contributed by atoms with Crippen molar-refractivity contribution in [3.05, 3.63) is 35.4 Å². The molecule has 1 atom stereocenters. The molecule has 0 heterocycles. The summed E-state index contributed by atoms with van der Waals surface area (Å²) < 4.78 is 43.0. The van der Waals surface area contributed by atoms with Gasteiger partial charge in [-0.15, -0.1) is 0 Å². The standard InChI is InChI=1S/C19H23F3N2O4/c1-12(17(26)24-18(27)23-15-8-3-2-4-9-15)28-16(25)11-13-6-5-7-14(10-13)19(20,21)22/h5-7,10,12,15H,2-4,8-9,11H2,1H3,(H2,23,24,26,27)/t12-/m1/s1. The molecular weight excluding hydrogens is 377 g/mol. The fourth-order valence-electron chi connectivity index (χ4n) is 3.00. The Morgan fingerprint density at radius 3 is 2.50 bits per heavy atom. The monoisotopic (exact) mass is 400 g/mol. The fraction of sp³-hybridized carbons (Fsp3) is 0.526. The first kappa shape index (κ1) is 21.7. The molecule has 9 heteroatoms. The first-order valence-electron chi connectivity index (χ1n) is 9.12. The van der Waals surface area contributed by atoms with Crippen molar-refractivity contribution in [2.75, 3.05) is 0 Å². The van der Waals surface area contributed by atoms with E-state index in [-0.39, 0.29) is 11.6 Å². The van der Waals surface area contributed by atoms with E-state index in [1.165, 1.54) is 19.1 Å². The molecule has 2 N–H and O–H groups in total. The van der Waals surface area contributed by atoms with Crippen molar-refractivity contribution in [2.45, 2.75) is 63.8 Å². The number of urea groups is 1. The number of hydrogen-bond donors (Lipinski definition) is 2. The van der Waals surface area contributed by atoms with Gasteiger partial charge in [0.1, 0.15) is 0 Å². The summed E-state index contributed by atoms with van der Waals surface area (Å²) in [6, 6.07) is 3.66. The van der Waals surface area contributed by atoms with Gasteiger partial charge in [0.25, 0.3) is 5.91 Å². The number of nitrogens with one attached hydrogen (secondary N) is 2. The molecule has 1 aromatic carbocycles. The highest BCUT2D eigenvalue weighted by Gasteiger charge is 2.30. The van der Waals surface area contributed by atoms with Gasteiger partial charge in [-0.05, 0) is 31.4 Å². The molecule has 0 aromatic heterocycles. The van der Waals surface area contributed by atoms with Crippen LogP contribution in [-0.2, 0) is 26.9 Å². The number of hydrogen-bond acceptors (Lipinski definition) is 4. The molecule has 1 saturated carbocycles. The van der Waals surface area contributed by atoms with Crippen LogP contribution in [0.25, 0.3) is 0 Å². The maximum Gasteiger partial charge on any atom is 0.416 e. The molecule has 1 aliphatic carbocycles. The van der Waals surface area contributed by atoms with Gasteiger partial charge in [-0.25, -0.2) is 4.79 Å². The summed E-state index contributed by atoms with van der Waals surface area (Å²) in [5.41, 5.74) is -0.759. The predicted octanol–water partition coefficient (Wildman–Crippen LogP) is 3.34. The summed E-state index contributed by atoms with van der Waals surface area (Å²) in [7, 11) is 0. The van der Waals surface area contributed by atoms with E-state index in [0.717, 1.165) is 44.2 Å². The van der Waals surface area contributed by atoms with Gasteiger partial charge in [-0.2, -0.15) is 13.2 Å². The van der Waals surface area contributed by atoms with E-state index in [0.29, 0.717) is 0 Å². The van der Waals surface area contributed by atoms with Gasteiger partial charge >= 0.3 is 18.2 Å². The SMILES string of the molecule is C[C@@H](OC(=O)Cc1cccc(C(F)(F)F)c1)C(=O)NC(=O)NC1CCCCC1. The van der Waals surface area contributed by atoms with Crippen molar-refractivity contribution >= 4 is 17.9 Å². The smallest absolute Gasteiger partial charge is 0.416 e. The molecule has 0 radical (unpaired) electrons. The summed E-state index contributed by atoms with van der Waals surface area (Å²) in [4.78, 5) is 35.7. The highest BCUT2D eigenvalue weighted by Crippen LogP contribution is 2.29. The number of esters is 1. The highest BCUT2D eigenvalue weighted by molar-refractivity contribution is 5.97. The average Bonchev–Trinajstić information content (AvgIpc) is 2.61. The molecule has 0 bridgehead atoms. The molecule has 3 amide bonds. The third-order valence-corrected chi connectivity index (χ3v) is 4.46. The molecule has 1 aromatic rings. The first-order chi connectivity index (χ1) is 13.1. The Balaban J connectivity index is 1.81. The van der Waals surface area contributed by atoms with Gasteiger partial charge < -0.3 is 10.1 Å². The van der Waals surface area contributed by atoms with E-state index in [4.69, 9.17) is 4.74 Å². The minimum absolute atomic E-state index is 0.0142. The van der Waals surface area contributed by atoms with Gasteiger partial charge in [0.15, 0.2) is 6.10 Å². The zero-order valence-corrected chi connectivity index (χ0v) is 15.5. The average molecular weight is 400 g/mol. The van der Waals surface area contributed by atoms with Crippen LogP contribution >= 0.6 is 0 Å². The topological polar surface area (TPSA) is 84.5 Å². The van der Waals surface area contributed by atoms with Crippen LogP contribution in [0, 0.1) is 0 Å². The van der Waals surface area contributed by atoms with Gasteiger partial charge in [0.2, 0.25) is 0 Å². The van der Waals surface area contributed by atoms with Crippen LogP contribution in [0.2, 0.25) is 0 Å². The third-order valence-electron chi connectivity index (χ3n) is 4.46. The molecule has 6 nitrogen and oxygen atoms in total. The Labute approximate surface area is 160 Å². The zero-order valence-electron chi connectivity index (χ0n) is 15.5. The normalized spacial score (nSPS) is 16.1. The molecule has 2 rings (SSSR count). The molecule has 0 spiro atoms. The highest BCUT2D eigenvalue weighted by atomic mass is 19.4. The summed E-state index contributed by atoms with van der Waals surface area (Å²) in [5, 5.41) is 4.81. The van der Waals surface area contributed by atoms with Crippen molar-refractivity contribution < 1.29 is 32.3 Å². The Morgan fingerprint density at radius 1 is 1.18 bits per heavy atom. The van der Waals surface area contributed by atoms with Crippen molar-refractivity contribution in [3.63, 3.8) is 0 Å². The number of benzene rings is 1. The van der Waals surface area contributed by atoms with E-state index >= 15 is 0 Å². The number of carbonyl (C=O) groups excluding carboxylic acids is 3. The summed E-state index contributed by atoms with van der Waals surface area (Å²) in [5.74, 6) is -1.67. The third kappa shape index (κ3) is 6.86. The van der Waals surface area contributed by atoms with Crippen LogP contribution in [0.1, 0.15) is 50.2 Å². The summed E-state index contributed by atoms with van der Waals surface area (Å²) in [6.45, 7) is 1.28. The Kier molecular flexibility index (Phi) is 7.42. The first-order valence-corrected chi connectivity index (χ1v) is 9.12. The quantitative estimate of drug-likeness (QED) is 0.743. The minimum atomic E-state index is -4.52. The molecule has 0 saturated heterocycles. The number of ether oxygens (including phenoxy) is 1. The number of halogens is 3. The van der Waals surface area contributed by atoms with Crippen molar-refractivity contribution in [2.24, 2.45) is 0 Å². The van der Waals surface area contributed by atoms with Crippen LogP contribution in [-0.4, -0.2) is 30.1 Å². The van der Waals surface area contributed by atoms with Crippen molar-refractivity contribution in [1.82, 2.24) is 10.6 Å². The van der Waals surface area contributed by atoms with Crippen LogP contribution in [0.5, 0.6) is 0 Å². The fourth-order valence-corrected chi connectivity index (χ4v) is 3.00. The van der Waals surface area contributed by atoms with E-state index in [1.54, 1.807) is 0 Å². The molecule has 1 fully saturated rings. The lowest BCUT2D eigenvalue weighted by atomic mass is 9.96. The van der Waals surface area contributed by atoms with Gasteiger partial charge in [0, 0.05) is 6.04 Å². The van der Waals surface area contributed by atoms with E-state index in [9.17, 15) is 27.6 Å². The van der Waals surface area contributed by atoms with Crippen molar-refractivity contribution in [3.8, 4) is 0 Å². The van der Waals surface area contributed by atoms with Gasteiger partial charge in [0.05, 0.1) is 12.0 Å². The minimum Gasteiger partial charge on any atom is -0.452 e. The molecule has 0 aliphatic heterocycles. The number of carbonyl (C=O) groups is 3. The van der Waals surface area contributed by atoms with Gasteiger partial charge in [-0.3, -0.25) is 14.9 Å². The Morgan fingerprint density at radius 2 is 1.86 bits per heavy atom. The van der Waals surface area contributed by atoms with Crippen LogP contribution in [0.4, 0.5) is 18.0 Å². The zero-order chi connectivity index (χ0) is 20.7. The van der Waals surface area contributed by atoms with E-state index in [1.807, 2.05) is 0 Å². The summed E-state index contributed by atoms with van der Waals surface area (Å²) in [6.07, 6.45) is -1.33. The second-order valence-corrected chi connectivity index (χ2v) is 6.80. The lowest BCUT2D eigenvalue weighted by Crippen LogP contribution is -2.48. The van der Waals surface area contributed by atoms with E-state index < -0.39 is 42.2 Å². The van der Waals surface area contributed by atoms with Crippen LogP contribution < -0.4 is 10.6 Å². The number of alkyl halides is 3. The van der Waals surface area contributed by atoms with Crippen LogP contribution in [0.15, 0.2) is 24.3 Å². The second kappa shape index (κ2) is 9.57. The Bertz CT molecular complexity index is 715. The molecular formula is C19H23F3N2O4. The number of amides is 3. The largest absolute Gasteiger partial charge is 0.452 e. The maximum atomic E-state index is 12.7. The van der Waals surface area contributed by atoms with Gasteiger partial charge in [-0.1, -0.05) is 37.5 Å². The van der Waals surface area contributed by atoms with Crippen LogP contribution in [0.3, 0.4) is 0 Å². The molecule has 0 unspecified atom stereocenters. The Hall–Kier alpha value is -2.58. The maximum absolute atomic E-state index is 12.7. The summed E-state index contributed by atoms with van der Waals surface area (Å²) >= 11 is 0. The molecule has 154 valence electrons. The number of imide groups is 1. The lowest BCUT2D eigenvalue weighted by molar-refractivity contribution is -0.153. The second-order valence-electron chi connectivity index (χ2n) is 6.80. The van der Waals surface area contributed by atoms with Crippen molar-refractivity contribution in [1.29, 1.82) is 0 Å². The molecule has 1 aliphatic rings. The van der Waals surface area contributed by atoms with E-state index in [2.05, 4.69) is 10.6 Å². The lowest BCUT2D eigenvalue weighted by Gasteiger charge is -2.23. The molecule has 28 heavy (non-hydrogen) atoms. The predicted molar refractivity (Wildman–Crippen MR) is 94.2 cm³/mol. The number of rotatable bonds is 5.